The molecular weight excluding hydrogens is 362 g/mol. The van der Waals surface area contributed by atoms with Crippen LogP contribution in [0.3, 0.4) is 0 Å². The van der Waals surface area contributed by atoms with E-state index in [0.29, 0.717) is 13.2 Å². The van der Waals surface area contributed by atoms with Crippen molar-refractivity contribution < 1.29 is 14.2 Å². The van der Waals surface area contributed by atoms with Crippen LogP contribution in [0.4, 0.5) is 0 Å². The van der Waals surface area contributed by atoms with Crippen LogP contribution in [0.2, 0.25) is 5.02 Å². The Labute approximate surface area is 167 Å². The van der Waals surface area contributed by atoms with Crippen molar-refractivity contribution in [2.24, 2.45) is 0 Å². The molecule has 4 nitrogen and oxygen atoms in total. The second-order valence-electron chi connectivity index (χ2n) is 6.65. The predicted octanol–water partition coefficient (Wildman–Crippen LogP) is 4.58. The predicted molar refractivity (Wildman–Crippen MR) is 109 cm³/mol. The molecule has 0 saturated carbocycles. The van der Waals surface area contributed by atoms with Gasteiger partial charge < -0.3 is 14.2 Å². The summed E-state index contributed by atoms with van der Waals surface area (Å²) in [6.07, 6.45) is 2.16. The summed E-state index contributed by atoms with van der Waals surface area (Å²) in [5, 5.41) is 0.718. The fourth-order valence-corrected chi connectivity index (χ4v) is 3.39. The van der Waals surface area contributed by atoms with Crippen LogP contribution in [0.1, 0.15) is 24.5 Å². The molecule has 1 saturated heterocycles. The molecule has 1 aliphatic heterocycles. The summed E-state index contributed by atoms with van der Waals surface area (Å²) in [4.78, 5) is 2.47. The zero-order chi connectivity index (χ0) is 18.9. The molecule has 0 aromatic heterocycles. The highest BCUT2D eigenvalue weighted by Gasteiger charge is 2.11. The first-order valence-corrected chi connectivity index (χ1v) is 10.1. The van der Waals surface area contributed by atoms with Gasteiger partial charge in [-0.15, -0.1) is 0 Å². The fourth-order valence-electron chi connectivity index (χ4n) is 3.20. The Morgan fingerprint density at radius 2 is 1.85 bits per heavy atom. The Kier molecular flexibility index (Phi) is 7.81. The van der Waals surface area contributed by atoms with Crippen molar-refractivity contribution in [2.45, 2.75) is 26.4 Å². The molecule has 3 rings (SSSR count). The summed E-state index contributed by atoms with van der Waals surface area (Å²) in [7, 11) is 0. The third kappa shape index (κ3) is 6.13. The van der Waals surface area contributed by atoms with Crippen molar-refractivity contribution >= 4 is 11.6 Å². The smallest absolute Gasteiger partial charge is 0.161 e. The van der Waals surface area contributed by atoms with E-state index < -0.39 is 0 Å². The first-order valence-electron chi connectivity index (χ1n) is 9.68. The van der Waals surface area contributed by atoms with Gasteiger partial charge in [-0.05, 0) is 50.1 Å². The molecular formula is C22H28ClNO3. The van der Waals surface area contributed by atoms with Gasteiger partial charge in [0.25, 0.3) is 0 Å². The molecule has 0 atom stereocenters. The summed E-state index contributed by atoms with van der Waals surface area (Å²) in [5.74, 6) is 1.56. The second kappa shape index (κ2) is 10.5. The second-order valence-corrected chi connectivity index (χ2v) is 7.06. The van der Waals surface area contributed by atoms with Crippen molar-refractivity contribution in [1.82, 2.24) is 4.90 Å². The van der Waals surface area contributed by atoms with Crippen LogP contribution in [0.5, 0.6) is 11.5 Å². The van der Waals surface area contributed by atoms with Crippen LogP contribution < -0.4 is 9.47 Å². The van der Waals surface area contributed by atoms with E-state index in [4.69, 9.17) is 25.8 Å². The number of hydrogen-bond acceptors (Lipinski definition) is 4. The van der Waals surface area contributed by atoms with Crippen LogP contribution in [0, 0.1) is 0 Å². The Bertz CT molecular complexity index is 716. The quantitative estimate of drug-likeness (QED) is 0.628. The number of nitrogens with zero attached hydrogens (tertiary/aromatic N) is 1. The fraction of sp³-hybridized carbons (Fsp3) is 0.455. The molecule has 0 N–H and O–H groups in total. The maximum absolute atomic E-state index is 6.21. The normalized spacial score (nSPS) is 14.9. The van der Waals surface area contributed by atoms with Gasteiger partial charge in [0.05, 0.1) is 19.8 Å². The van der Waals surface area contributed by atoms with Gasteiger partial charge in [0, 0.05) is 23.7 Å². The van der Waals surface area contributed by atoms with Gasteiger partial charge in [-0.2, -0.15) is 0 Å². The van der Waals surface area contributed by atoms with E-state index in [0.717, 1.165) is 67.8 Å². The third-order valence-electron chi connectivity index (χ3n) is 4.69. The van der Waals surface area contributed by atoms with Gasteiger partial charge in [0.2, 0.25) is 0 Å². The highest BCUT2D eigenvalue weighted by molar-refractivity contribution is 6.31. The summed E-state index contributed by atoms with van der Waals surface area (Å²) in [5.41, 5.74) is 2.24. The molecule has 0 bridgehead atoms. The number of ether oxygens (including phenoxy) is 3. The minimum absolute atomic E-state index is 0.427. The average Bonchev–Trinajstić information content (AvgIpc) is 2.69. The molecule has 146 valence electrons. The van der Waals surface area contributed by atoms with Gasteiger partial charge in [-0.3, -0.25) is 4.90 Å². The molecule has 1 heterocycles. The third-order valence-corrected chi connectivity index (χ3v) is 5.06. The average molecular weight is 390 g/mol. The molecule has 5 heteroatoms. The molecule has 0 aliphatic carbocycles. The van der Waals surface area contributed by atoms with E-state index >= 15 is 0 Å². The molecule has 0 spiro atoms. The van der Waals surface area contributed by atoms with Gasteiger partial charge in [0.15, 0.2) is 11.5 Å². The zero-order valence-corrected chi connectivity index (χ0v) is 16.7. The molecule has 1 fully saturated rings. The highest BCUT2D eigenvalue weighted by atomic mass is 35.5. The van der Waals surface area contributed by atoms with Gasteiger partial charge in [-0.25, -0.2) is 0 Å². The zero-order valence-electron chi connectivity index (χ0n) is 16.0. The number of halogens is 1. The molecule has 1 aliphatic rings. The van der Waals surface area contributed by atoms with Gasteiger partial charge in [-0.1, -0.05) is 35.9 Å². The minimum Gasteiger partial charge on any atom is -0.490 e. The van der Waals surface area contributed by atoms with Gasteiger partial charge >= 0.3 is 0 Å². The molecule has 2 aromatic carbocycles. The number of morpholine rings is 1. The molecule has 0 unspecified atom stereocenters. The lowest BCUT2D eigenvalue weighted by Gasteiger charge is -2.26. The Hall–Kier alpha value is -1.75. The van der Waals surface area contributed by atoms with Crippen LogP contribution >= 0.6 is 11.6 Å². The van der Waals surface area contributed by atoms with Gasteiger partial charge in [0.1, 0.15) is 6.61 Å². The maximum atomic E-state index is 6.21. The maximum Gasteiger partial charge on any atom is 0.161 e. The van der Waals surface area contributed by atoms with Crippen LogP contribution in [0.15, 0.2) is 42.5 Å². The largest absolute Gasteiger partial charge is 0.490 e. The summed E-state index contributed by atoms with van der Waals surface area (Å²) < 4.78 is 17.2. The first kappa shape index (κ1) is 20.0. The SMILES string of the molecule is CCOc1cc(CCCN2CCOCC2)ccc1OCc1ccccc1Cl. The number of hydrogen-bond donors (Lipinski definition) is 0. The summed E-state index contributed by atoms with van der Waals surface area (Å²) in [6.45, 7) is 7.92. The standard InChI is InChI=1S/C22H28ClNO3/c1-2-26-22-16-18(6-5-11-24-12-14-25-15-13-24)9-10-21(22)27-17-19-7-3-4-8-20(19)23/h3-4,7-10,16H,2,5-6,11-15,17H2,1H3. The van der Waals surface area contributed by atoms with Crippen molar-refractivity contribution in [2.75, 3.05) is 39.5 Å². The highest BCUT2D eigenvalue weighted by Crippen LogP contribution is 2.30. The van der Waals surface area contributed by atoms with Crippen molar-refractivity contribution in [3.63, 3.8) is 0 Å². The van der Waals surface area contributed by atoms with E-state index in [-0.39, 0.29) is 0 Å². The van der Waals surface area contributed by atoms with Crippen molar-refractivity contribution in [1.29, 1.82) is 0 Å². The Balaban J connectivity index is 1.57. The van der Waals surface area contributed by atoms with E-state index in [2.05, 4.69) is 17.0 Å². The van der Waals surface area contributed by atoms with E-state index in [9.17, 15) is 0 Å². The van der Waals surface area contributed by atoms with E-state index in [1.54, 1.807) is 0 Å². The molecule has 0 radical (unpaired) electrons. The van der Waals surface area contributed by atoms with Crippen molar-refractivity contribution in [3.05, 3.63) is 58.6 Å². The molecule has 0 amide bonds. The number of aryl methyl sites for hydroxylation is 1. The minimum atomic E-state index is 0.427. The van der Waals surface area contributed by atoms with E-state index in [1.165, 1.54) is 5.56 Å². The molecule has 2 aromatic rings. The van der Waals surface area contributed by atoms with Crippen LogP contribution in [-0.4, -0.2) is 44.4 Å². The number of benzene rings is 2. The molecule has 27 heavy (non-hydrogen) atoms. The lowest BCUT2D eigenvalue weighted by Crippen LogP contribution is -2.36. The summed E-state index contributed by atoms with van der Waals surface area (Å²) >= 11 is 6.21. The Morgan fingerprint density at radius 3 is 2.63 bits per heavy atom. The van der Waals surface area contributed by atoms with Crippen LogP contribution in [0.25, 0.3) is 0 Å². The first-order chi connectivity index (χ1) is 13.3. The topological polar surface area (TPSA) is 30.9 Å². The lowest BCUT2D eigenvalue weighted by molar-refractivity contribution is 0.0374. The summed E-state index contributed by atoms with van der Waals surface area (Å²) in [6, 6.07) is 14.0. The van der Waals surface area contributed by atoms with Crippen LogP contribution in [-0.2, 0) is 17.8 Å². The lowest BCUT2D eigenvalue weighted by atomic mass is 10.1. The van der Waals surface area contributed by atoms with E-state index in [1.807, 2.05) is 37.3 Å². The Morgan fingerprint density at radius 1 is 1.04 bits per heavy atom. The number of rotatable bonds is 9. The van der Waals surface area contributed by atoms with Crippen molar-refractivity contribution in [3.8, 4) is 11.5 Å². The monoisotopic (exact) mass is 389 g/mol.